The lowest BCUT2D eigenvalue weighted by Crippen LogP contribution is -2.30. The number of hydrogen-bond donors (Lipinski definition) is 0. The molecule has 0 atom stereocenters. The van der Waals surface area contributed by atoms with Gasteiger partial charge in [0.15, 0.2) is 0 Å². The lowest BCUT2D eigenvalue weighted by Gasteiger charge is -2.19. The van der Waals surface area contributed by atoms with Gasteiger partial charge in [-0.3, -0.25) is 4.79 Å². The van der Waals surface area contributed by atoms with Gasteiger partial charge < -0.3 is 9.64 Å². The van der Waals surface area contributed by atoms with Crippen LogP contribution in [0.15, 0.2) is 59.4 Å². The van der Waals surface area contributed by atoms with Gasteiger partial charge in [-0.25, -0.2) is 0 Å². The summed E-state index contributed by atoms with van der Waals surface area (Å²) in [5.74, 6) is 0.756. The highest BCUT2D eigenvalue weighted by Gasteiger charge is 2.15. The number of hydrogen-bond acceptors (Lipinski definition) is 4. The first-order valence-corrected chi connectivity index (χ1v) is 9.17. The summed E-state index contributed by atoms with van der Waals surface area (Å²) in [6.45, 7) is 4.83. The number of methoxy groups -OCH3 is 1. The molecule has 5 heteroatoms. The van der Waals surface area contributed by atoms with E-state index in [0.29, 0.717) is 5.69 Å². The van der Waals surface area contributed by atoms with Crippen molar-refractivity contribution in [1.82, 2.24) is 9.78 Å². The number of aromatic nitrogens is 2. The standard InChI is InChI=1S/C22H25N3O2/c1-5-16-10-7-8-13-20(16)25-22(26)21(24(3)6-2)15-19(23-25)17-11-9-12-18(14-17)27-4/h7-15H,5-6H2,1-4H3. The molecule has 0 aliphatic rings. The van der Waals surface area contributed by atoms with Crippen molar-refractivity contribution in [3.63, 3.8) is 0 Å². The summed E-state index contributed by atoms with van der Waals surface area (Å²) in [5, 5.41) is 4.70. The molecule has 1 aromatic heterocycles. The predicted molar refractivity (Wildman–Crippen MR) is 110 cm³/mol. The van der Waals surface area contributed by atoms with E-state index in [4.69, 9.17) is 9.84 Å². The first-order chi connectivity index (χ1) is 13.1. The second-order valence-electron chi connectivity index (χ2n) is 6.36. The highest BCUT2D eigenvalue weighted by atomic mass is 16.5. The third-order valence-corrected chi connectivity index (χ3v) is 4.74. The molecule has 1 heterocycles. The number of para-hydroxylation sites is 1. The van der Waals surface area contributed by atoms with E-state index in [2.05, 4.69) is 6.92 Å². The molecule has 140 valence electrons. The molecule has 0 spiro atoms. The molecule has 0 fully saturated rings. The Morgan fingerprint density at radius 1 is 1.07 bits per heavy atom. The lowest BCUT2D eigenvalue weighted by molar-refractivity contribution is 0.415. The van der Waals surface area contributed by atoms with E-state index in [9.17, 15) is 4.79 Å². The zero-order valence-electron chi connectivity index (χ0n) is 16.3. The van der Waals surface area contributed by atoms with E-state index in [0.717, 1.165) is 41.2 Å². The number of nitrogens with zero attached hydrogens (tertiary/aromatic N) is 3. The zero-order valence-corrected chi connectivity index (χ0v) is 16.3. The number of aryl methyl sites for hydroxylation is 1. The fourth-order valence-corrected chi connectivity index (χ4v) is 3.03. The van der Waals surface area contributed by atoms with Gasteiger partial charge in [0.25, 0.3) is 5.56 Å². The summed E-state index contributed by atoms with van der Waals surface area (Å²) in [4.78, 5) is 15.1. The van der Waals surface area contributed by atoms with Crippen molar-refractivity contribution in [1.29, 1.82) is 0 Å². The van der Waals surface area contributed by atoms with Gasteiger partial charge in [0.1, 0.15) is 11.4 Å². The average molecular weight is 363 g/mol. The molecule has 0 amide bonds. The number of benzene rings is 2. The molecular weight excluding hydrogens is 338 g/mol. The number of ether oxygens (including phenoxy) is 1. The van der Waals surface area contributed by atoms with Crippen LogP contribution in [0.3, 0.4) is 0 Å². The summed E-state index contributed by atoms with van der Waals surface area (Å²) in [6.07, 6.45) is 0.826. The van der Waals surface area contributed by atoms with Crippen molar-refractivity contribution < 1.29 is 4.74 Å². The molecular formula is C22H25N3O2. The first kappa shape index (κ1) is 18.7. The molecule has 0 saturated carbocycles. The average Bonchev–Trinajstić information content (AvgIpc) is 2.73. The van der Waals surface area contributed by atoms with Crippen molar-refractivity contribution in [2.24, 2.45) is 0 Å². The Kier molecular flexibility index (Phi) is 5.60. The van der Waals surface area contributed by atoms with Crippen LogP contribution < -0.4 is 15.2 Å². The topological polar surface area (TPSA) is 47.4 Å². The summed E-state index contributed by atoms with van der Waals surface area (Å²) >= 11 is 0. The van der Waals surface area contributed by atoms with Crippen molar-refractivity contribution in [3.8, 4) is 22.7 Å². The van der Waals surface area contributed by atoms with Gasteiger partial charge in [-0.05, 0) is 43.2 Å². The minimum absolute atomic E-state index is 0.119. The zero-order chi connectivity index (χ0) is 19.4. The minimum Gasteiger partial charge on any atom is -0.497 e. The third-order valence-electron chi connectivity index (χ3n) is 4.74. The predicted octanol–water partition coefficient (Wildman–Crippen LogP) is 3.93. The maximum Gasteiger partial charge on any atom is 0.295 e. The van der Waals surface area contributed by atoms with Crippen LogP contribution >= 0.6 is 0 Å². The van der Waals surface area contributed by atoms with Crippen molar-refractivity contribution in [3.05, 3.63) is 70.5 Å². The molecule has 2 aromatic carbocycles. The molecule has 0 radical (unpaired) electrons. The summed E-state index contributed by atoms with van der Waals surface area (Å²) < 4.78 is 6.87. The van der Waals surface area contributed by atoms with Crippen LogP contribution in [0.2, 0.25) is 0 Å². The van der Waals surface area contributed by atoms with Crippen molar-refractivity contribution in [2.75, 3.05) is 25.6 Å². The molecule has 0 aliphatic carbocycles. The van der Waals surface area contributed by atoms with Crippen LogP contribution in [0, 0.1) is 0 Å². The Balaban J connectivity index is 2.28. The second-order valence-corrected chi connectivity index (χ2v) is 6.36. The van der Waals surface area contributed by atoms with Gasteiger partial charge in [0.2, 0.25) is 0 Å². The van der Waals surface area contributed by atoms with E-state index in [1.807, 2.05) is 73.5 Å². The van der Waals surface area contributed by atoms with Gasteiger partial charge in [0, 0.05) is 19.2 Å². The minimum atomic E-state index is -0.119. The fraction of sp³-hybridized carbons (Fsp3) is 0.273. The van der Waals surface area contributed by atoms with Crippen LogP contribution in [0.5, 0.6) is 5.75 Å². The quantitative estimate of drug-likeness (QED) is 0.666. The van der Waals surface area contributed by atoms with Crippen LogP contribution in [0.1, 0.15) is 19.4 Å². The SMILES string of the molecule is CCc1ccccc1-n1nc(-c2cccc(OC)c2)cc(N(C)CC)c1=O. The van der Waals surface area contributed by atoms with Crippen LogP contribution in [0.4, 0.5) is 5.69 Å². The first-order valence-electron chi connectivity index (χ1n) is 9.17. The molecule has 0 aliphatic heterocycles. The second kappa shape index (κ2) is 8.08. The summed E-state index contributed by atoms with van der Waals surface area (Å²) in [5.41, 5.74) is 4.04. The third kappa shape index (κ3) is 3.72. The molecule has 0 bridgehead atoms. The number of anilines is 1. The Labute approximate surface area is 159 Å². The fourth-order valence-electron chi connectivity index (χ4n) is 3.03. The van der Waals surface area contributed by atoms with E-state index in [1.54, 1.807) is 7.11 Å². The Bertz CT molecular complexity index is 995. The lowest BCUT2D eigenvalue weighted by atomic mass is 10.1. The largest absolute Gasteiger partial charge is 0.497 e. The van der Waals surface area contributed by atoms with E-state index < -0.39 is 0 Å². The molecule has 0 unspecified atom stereocenters. The molecule has 3 rings (SSSR count). The molecule has 0 N–H and O–H groups in total. The van der Waals surface area contributed by atoms with Gasteiger partial charge in [-0.15, -0.1) is 0 Å². The van der Waals surface area contributed by atoms with Crippen LogP contribution in [-0.4, -0.2) is 30.5 Å². The van der Waals surface area contributed by atoms with Crippen LogP contribution in [0.25, 0.3) is 16.9 Å². The normalized spacial score (nSPS) is 10.7. The van der Waals surface area contributed by atoms with Crippen molar-refractivity contribution in [2.45, 2.75) is 20.3 Å². The highest BCUT2D eigenvalue weighted by molar-refractivity contribution is 5.65. The van der Waals surface area contributed by atoms with Gasteiger partial charge in [-0.1, -0.05) is 37.3 Å². The molecule has 27 heavy (non-hydrogen) atoms. The summed E-state index contributed by atoms with van der Waals surface area (Å²) in [7, 11) is 3.56. The van der Waals surface area contributed by atoms with E-state index >= 15 is 0 Å². The maximum atomic E-state index is 13.2. The molecule has 0 saturated heterocycles. The Hall–Kier alpha value is -3.08. The molecule has 3 aromatic rings. The Morgan fingerprint density at radius 3 is 2.56 bits per heavy atom. The molecule has 5 nitrogen and oxygen atoms in total. The van der Waals surface area contributed by atoms with Gasteiger partial charge in [0.05, 0.1) is 18.5 Å². The number of rotatable bonds is 6. The highest BCUT2D eigenvalue weighted by Crippen LogP contribution is 2.25. The van der Waals surface area contributed by atoms with Gasteiger partial charge in [-0.2, -0.15) is 9.78 Å². The van der Waals surface area contributed by atoms with E-state index in [-0.39, 0.29) is 5.56 Å². The monoisotopic (exact) mass is 363 g/mol. The Morgan fingerprint density at radius 2 is 1.85 bits per heavy atom. The maximum absolute atomic E-state index is 13.2. The van der Waals surface area contributed by atoms with Crippen molar-refractivity contribution >= 4 is 5.69 Å². The summed E-state index contributed by atoms with van der Waals surface area (Å²) in [6, 6.07) is 17.5. The van der Waals surface area contributed by atoms with Gasteiger partial charge >= 0.3 is 0 Å². The van der Waals surface area contributed by atoms with Crippen LogP contribution in [-0.2, 0) is 6.42 Å². The smallest absolute Gasteiger partial charge is 0.295 e. The van der Waals surface area contributed by atoms with E-state index in [1.165, 1.54) is 4.68 Å².